The fourth-order valence-electron chi connectivity index (χ4n) is 3.75. The smallest absolute Gasteiger partial charge is 0.508 e. The van der Waals surface area contributed by atoms with Crippen LogP contribution in [0.2, 0.25) is 0 Å². The van der Waals surface area contributed by atoms with Gasteiger partial charge in [0.1, 0.15) is 48.0 Å². The molecule has 580 valence electrons. The number of rotatable bonds is 12. The van der Waals surface area contributed by atoms with Crippen LogP contribution in [0.3, 0.4) is 0 Å². The fraction of sp³-hybridized carbons (Fsp3) is 0.393. The van der Waals surface area contributed by atoms with E-state index in [4.69, 9.17) is 35.4 Å². The van der Waals surface area contributed by atoms with E-state index in [1.165, 1.54) is 43.9 Å². The molecule has 0 bridgehead atoms. The molecular formula is C84H148N5O12+. The van der Waals surface area contributed by atoms with E-state index in [9.17, 15) is 24.0 Å². The molecule has 5 amide bonds. The van der Waals surface area contributed by atoms with Gasteiger partial charge in [0, 0.05) is 19.6 Å². The summed E-state index contributed by atoms with van der Waals surface area (Å²) in [6, 6.07) is 52.3. The van der Waals surface area contributed by atoms with Crippen LogP contribution in [-0.2, 0) is 28.7 Å². The van der Waals surface area contributed by atoms with Crippen molar-refractivity contribution in [1.82, 2.24) is 26.6 Å². The Hall–Kier alpha value is -9.87. The molecule has 0 saturated carbocycles. The third kappa shape index (κ3) is 165. The minimum absolute atomic E-state index is 0. The number of para-hydroxylation sites is 6. The van der Waals surface area contributed by atoms with Gasteiger partial charge in [0.2, 0.25) is 29.5 Å². The number of aromatic hydroxyl groups is 6. The average Bonchev–Trinajstić information content (AvgIpc) is 2.80. The van der Waals surface area contributed by atoms with E-state index in [0.29, 0.717) is 54.1 Å². The Morgan fingerprint density at radius 3 is 0.455 bits per heavy atom. The fourth-order valence-corrected chi connectivity index (χ4v) is 3.75. The van der Waals surface area contributed by atoms with Crippen molar-refractivity contribution >= 4 is 29.5 Å². The number of carbonyl (C=O) groups excluding carboxylic acids is 5. The Morgan fingerprint density at radius 1 is 0.277 bits per heavy atom. The first-order chi connectivity index (χ1) is 48.1. The van der Waals surface area contributed by atoms with E-state index in [1.54, 1.807) is 146 Å². The summed E-state index contributed by atoms with van der Waals surface area (Å²) in [7, 11) is 0. The van der Waals surface area contributed by atoms with Crippen molar-refractivity contribution in [2.24, 2.45) is 0 Å². The highest BCUT2D eigenvalue weighted by molar-refractivity contribution is 5.88. The molecule has 6 aromatic carbocycles. The maximum atomic E-state index is 10.6. The number of likely N-dealkylation sites (N-methyl/N-ethyl adjacent to an activating group) is 3. The summed E-state index contributed by atoms with van der Waals surface area (Å²) in [5.41, 5.74) is 0. The predicted octanol–water partition coefficient (Wildman–Crippen LogP) is 21.4. The molecule has 0 heterocycles. The van der Waals surface area contributed by atoms with Crippen LogP contribution >= 0.6 is 0 Å². The number of nitrogens with one attached hydrogen (secondary N) is 5. The molecule has 11 N–H and O–H groups in total. The Balaban J connectivity index is -0.0000000557. The maximum Gasteiger partial charge on any atom is 1.00 e. The molecule has 0 spiro atoms. The van der Waals surface area contributed by atoms with Gasteiger partial charge in [-0.3, -0.25) is 24.0 Å². The van der Waals surface area contributed by atoms with Gasteiger partial charge in [-0.25, -0.2) is 0 Å². The van der Waals surface area contributed by atoms with E-state index in [2.05, 4.69) is 115 Å². The number of phenols is 6. The summed E-state index contributed by atoms with van der Waals surface area (Å²) in [6.07, 6.45) is 11.0. The van der Waals surface area contributed by atoms with Gasteiger partial charge in [-0.05, 0) is 124 Å². The zero-order chi connectivity index (χ0) is 80.7. The SMILES string of the molecule is C.C=CC(=O)NCC.C=CC(=O)NCC.C=CC(=O)NCC.C=CC(=O)NCOCNC(=O)C=C.CC.CC.CC.CC.CC.CC.CCC.CCC.CCC.CCC.Oc1ccccc1.Oc1ccccc1.Oc1ccccc1.Oc1ccccc1.Oc1ccccc1.Oc1ccccc1.[H+]. The first-order valence-electron chi connectivity index (χ1n) is 34.7. The second-order valence-corrected chi connectivity index (χ2v) is 16.1. The summed E-state index contributed by atoms with van der Waals surface area (Å²) >= 11 is 0. The molecule has 101 heavy (non-hydrogen) atoms. The van der Waals surface area contributed by atoms with E-state index in [1.807, 2.05) is 140 Å². The number of amides is 5. The normalized spacial score (nSPS) is 7.32. The van der Waals surface area contributed by atoms with Crippen molar-refractivity contribution in [3.8, 4) is 34.5 Å². The van der Waals surface area contributed by atoms with Gasteiger partial charge in [0.15, 0.2) is 0 Å². The molecule has 6 aromatic rings. The van der Waals surface area contributed by atoms with Crippen molar-refractivity contribution in [2.75, 3.05) is 33.1 Å². The number of carbonyl (C=O) groups is 5. The van der Waals surface area contributed by atoms with Crippen LogP contribution in [-0.4, -0.2) is 93.3 Å². The van der Waals surface area contributed by atoms with Crippen LogP contribution in [0.25, 0.3) is 0 Å². The van der Waals surface area contributed by atoms with Crippen LogP contribution in [0.5, 0.6) is 34.5 Å². The number of hydrogen-bond acceptors (Lipinski definition) is 12. The monoisotopic (exact) mass is 1420 g/mol. The largest absolute Gasteiger partial charge is 1.00 e. The molecule has 0 aliphatic rings. The maximum absolute atomic E-state index is 10.6. The number of benzene rings is 6. The van der Waals surface area contributed by atoms with Crippen LogP contribution < -0.4 is 26.6 Å². The molecule has 17 heteroatoms. The summed E-state index contributed by atoms with van der Waals surface area (Å²) in [5, 5.41) is 64.1. The van der Waals surface area contributed by atoms with E-state index in [0.717, 1.165) is 12.2 Å². The van der Waals surface area contributed by atoms with Gasteiger partial charge in [0.05, 0.1) is 0 Å². The Morgan fingerprint density at radius 2 is 0.386 bits per heavy atom. The molecule has 0 atom stereocenters. The highest BCUT2D eigenvalue weighted by atomic mass is 16.5. The van der Waals surface area contributed by atoms with Crippen molar-refractivity contribution in [2.45, 2.75) is 192 Å². The van der Waals surface area contributed by atoms with Crippen LogP contribution in [0.15, 0.2) is 245 Å². The highest BCUT2D eigenvalue weighted by Crippen LogP contribution is 2.06. The zero-order valence-electron chi connectivity index (χ0n) is 67.2. The summed E-state index contributed by atoms with van der Waals surface area (Å²) in [6.45, 7) is 65.0. The first kappa shape index (κ1) is 128. The lowest BCUT2D eigenvalue weighted by molar-refractivity contribution is -0.120. The lowest BCUT2D eigenvalue weighted by Crippen LogP contribution is -2.29. The molecule has 0 unspecified atom stereocenters. The lowest BCUT2D eigenvalue weighted by Gasteiger charge is -2.04. The minimum atomic E-state index is -0.324. The number of hydrogen-bond donors (Lipinski definition) is 11. The molecule has 6 rings (SSSR count). The minimum Gasteiger partial charge on any atom is -0.508 e. The van der Waals surface area contributed by atoms with Crippen molar-refractivity contribution < 1.29 is 60.8 Å². The Labute approximate surface area is 619 Å². The highest BCUT2D eigenvalue weighted by Gasteiger charge is 1.94. The lowest BCUT2D eigenvalue weighted by atomic mass is 10.3. The standard InChI is InChI=1S/C8H12N2O3.6C6H6O.3C5H9NO.4C3H8.6C2H6.CH4/c1-3-7(11)9-5-13-6-10-8(12)4-2;6*7-6-4-2-1-3-5-6;3*1-3-5(7)6-4-2;4*1-3-2;6*1-2;/h3-4H,1-2,5-6H2,(H,9,11)(H,10,12);6*1-5,7H;3*3H,1,4H2,2H3,(H,6,7);4*3H2,1-2H3;6*1-2H3;1H4/p+1. The third-order valence-electron chi connectivity index (χ3n) is 7.21. The Bertz CT molecular complexity index is 2080. The summed E-state index contributed by atoms with van der Waals surface area (Å²) < 4.78 is 4.82. The predicted molar refractivity (Wildman–Crippen MR) is 443 cm³/mol. The van der Waals surface area contributed by atoms with Crippen LogP contribution in [0.1, 0.15) is 194 Å². The second kappa shape index (κ2) is 134. The topological polar surface area (TPSA) is 276 Å². The van der Waals surface area contributed by atoms with Crippen molar-refractivity contribution in [3.05, 3.63) is 245 Å². The third-order valence-corrected chi connectivity index (χ3v) is 7.21. The van der Waals surface area contributed by atoms with Crippen molar-refractivity contribution in [1.29, 1.82) is 0 Å². The zero-order valence-corrected chi connectivity index (χ0v) is 66.2. The van der Waals surface area contributed by atoms with Gasteiger partial charge in [-0.15, -0.1) is 0 Å². The quantitative estimate of drug-likeness (QED) is 0.0310. The molecule has 0 aromatic heterocycles. The molecule has 0 aliphatic carbocycles. The van der Waals surface area contributed by atoms with Gasteiger partial charge in [-0.1, -0.05) is 314 Å². The summed E-state index contributed by atoms with van der Waals surface area (Å²) in [5.74, 6) is 0.956. The van der Waals surface area contributed by atoms with Crippen LogP contribution in [0.4, 0.5) is 0 Å². The molecule has 0 radical (unpaired) electrons. The molecule has 0 aliphatic heterocycles. The van der Waals surface area contributed by atoms with E-state index in [-0.39, 0.29) is 51.9 Å². The Kier molecular flexibility index (Phi) is 169. The molecule has 0 saturated heterocycles. The second-order valence-electron chi connectivity index (χ2n) is 16.1. The molecule has 17 nitrogen and oxygen atoms in total. The van der Waals surface area contributed by atoms with E-state index < -0.39 is 0 Å². The summed E-state index contributed by atoms with van der Waals surface area (Å²) in [4.78, 5) is 51.7. The van der Waals surface area contributed by atoms with Crippen molar-refractivity contribution in [3.63, 3.8) is 0 Å². The van der Waals surface area contributed by atoms with Gasteiger partial charge >= 0.3 is 1.43 Å². The van der Waals surface area contributed by atoms with Gasteiger partial charge in [-0.2, -0.15) is 0 Å². The van der Waals surface area contributed by atoms with Crippen LogP contribution in [0, 0.1) is 0 Å². The number of phenolic OH excluding ortho intramolecular Hbond substituents is 6. The average molecular weight is 1420 g/mol. The molecular weight excluding hydrogens is 1270 g/mol. The first-order valence-corrected chi connectivity index (χ1v) is 34.7. The van der Waals surface area contributed by atoms with E-state index >= 15 is 0 Å². The van der Waals surface area contributed by atoms with Gasteiger partial charge in [0.25, 0.3) is 0 Å². The number of ether oxygens (including phenoxy) is 1. The molecule has 0 fully saturated rings. The van der Waals surface area contributed by atoms with Gasteiger partial charge < -0.3 is 62.0 Å².